The Kier molecular flexibility index (Phi) is 8.72. The van der Waals surface area contributed by atoms with Crippen LogP contribution in [-0.2, 0) is 37.7 Å². The number of ether oxygens (including phenoxy) is 1. The van der Waals surface area contributed by atoms with Crippen LogP contribution in [0.2, 0.25) is 18.6 Å². The van der Waals surface area contributed by atoms with Crippen LogP contribution in [0.25, 0.3) is 10.9 Å². The van der Waals surface area contributed by atoms with E-state index in [1.54, 1.807) is 9.80 Å². The Bertz CT molecular complexity index is 1900. The molecule has 0 bridgehead atoms. The summed E-state index contributed by atoms with van der Waals surface area (Å²) in [4.78, 5) is 59.7. The van der Waals surface area contributed by atoms with Crippen LogP contribution >= 0.6 is 0 Å². The summed E-state index contributed by atoms with van der Waals surface area (Å²) in [6, 6.07) is 22.8. The molecule has 256 valence electrons. The number of aromatic nitrogens is 1. The van der Waals surface area contributed by atoms with Crippen LogP contribution in [0.5, 0.6) is 0 Å². The summed E-state index contributed by atoms with van der Waals surface area (Å²) in [5.74, 6) is -0.868. The Hall–Kier alpha value is -4.29. The molecule has 4 aromatic rings. The second kappa shape index (κ2) is 12.9. The Morgan fingerprint density at radius 3 is 2.65 bits per heavy atom. The van der Waals surface area contributed by atoms with Crippen LogP contribution in [0, 0.1) is 5.92 Å². The largest absolute Gasteiger partial charge is 0.432 e. The Morgan fingerprint density at radius 1 is 1.08 bits per heavy atom. The van der Waals surface area contributed by atoms with Crippen LogP contribution in [0.1, 0.15) is 42.9 Å². The van der Waals surface area contributed by atoms with Crippen molar-refractivity contribution in [3.8, 4) is 0 Å². The first kappa shape index (κ1) is 33.2. The predicted molar refractivity (Wildman–Crippen MR) is 190 cm³/mol. The zero-order valence-electron chi connectivity index (χ0n) is 28.2. The average molecular weight is 681 g/mol. The predicted octanol–water partition coefficient (Wildman–Crippen LogP) is 5.07. The number of nitrogens with one attached hydrogen (secondary N) is 2. The van der Waals surface area contributed by atoms with Crippen LogP contribution in [0.3, 0.4) is 0 Å². The molecule has 49 heavy (non-hydrogen) atoms. The minimum absolute atomic E-state index is 0.0417. The van der Waals surface area contributed by atoms with Gasteiger partial charge in [-0.1, -0.05) is 55.5 Å². The molecule has 5 atom stereocenters. The molecule has 4 heterocycles. The zero-order chi connectivity index (χ0) is 34.5. The highest BCUT2D eigenvalue weighted by Crippen LogP contribution is 2.59. The monoisotopic (exact) mass is 680 g/mol. The van der Waals surface area contributed by atoms with Crippen molar-refractivity contribution >= 4 is 48.3 Å². The van der Waals surface area contributed by atoms with E-state index in [9.17, 15) is 24.3 Å². The van der Waals surface area contributed by atoms with Gasteiger partial charge in [0, 0.05) is 46.4 Å². The molecule has 1 aromatic heterocycles. The fourth-order valence-electron chi connectivity index (χ4n) is 8.62. The summed E-state index contributed by atoms with van der Waals surface area (Å²) in [5, 5.41) is 13.9. The van der Waals surface area contributed by atoms with Crippen molar-refractivity contribution < 1.29 is 29.0 Å². The molecule has 0 aliphatic carbocycles. The van der Waals surface area contributed by atoms with Gasteiger partial charge in [0.1, 0.15) is 0 Å². The molecule has 3 aromatic carbocycles. The first-order valence-electron chi connectivity index (χ1n) is 17.2. The van der Waals surface area contributed by atoms with E-state index in [1.807, 2.05) is 99.0 Å². The first-order chi connectivity index (χ1) is 23.5. The van der Waals surface area contributed by atoms with Crippen LogP contribution in [0.4, 0.5) is 11.4 Å². The highest BCUT2D eigenvalue weighted by Gasteiger charge is 2.66. The third-order valence-corrected chi connectivity index (χ3v) is 13.3. The summed E-state index contributed by atoms with van der Waals surface area (Å²) in [5.41, 5.74) is 3.11. The van der Waals surface area contributed by atoms with Crippen molar-refractivity contribution in [3.05, 3.63) is 95.7 Å². The molecule has 0 saturated carbocycles. The number of nitrogens with zero attached hydrogens (tertiary/aromatic N) is 2. The quantitative estimate of drug-likeness (QED) is 0.183. The van der Waals surface area contributed by atoms with Crippen molar-refractivity contribution in [2.75, 3.05) is 23.4 Å². The number of fused-ring (bicyclic) bond motifs is 3. The lowest BCUT2D eigenvalue weighted by atomic mass is 9.82. The number of hydrogen-bond acceptors (Lipinski definition) is 6. The van der Waals surface area contributed by atoms with E-state index in [2.05, 4.69) is 10.3 Å². The third-order valence-electron chi connectivity index (χ3n) is 10.8. The van der Waals surface area contributed by atoms with E-state index in [-0.39, 0.29) is 55.3 Å². The molecule has 11 heteroatoms. The zero-order valence-corrected chi connectivity index (χ0v) is 29.2. The summed E-state index contributed by atoms with van der Waals surface area (Å²) in [6.07, 6.45) is 3.07. The van der Waals surface area contributed by atoms with Gasteiger partial charge in [-0.3, -0.25) is 14.4 Å². The van der Waals surface area contributed by atoms with E-state index >= 15 is 0 Å². The van der Waals surface area contributed by atoms with Gasteiger partial charge in [-0.05, 0) is 61.3 Å². The van der Waals surface area contributed by atoms with Gasteiger partial charge in [0.05, 0.1) is 43.8 Å². The van der Waals surface area contributed by atoms with Gasteiger partial charge in [-0.15, -0.1) is 0 Å². The molecule has 4 N–H and O–H groups in total. The summed E-state index contributed by atoms with van der Waals surface area (Å²) < 4.78 is 6.84. The van der Waals surface area contributed by atoms with Crippen LogP contribution in [0.15, 0.2) is 79.0 Å². The van der Waals surface area contributed by atoms with Crippen molar-refractivity contribution in [2.45, 2.75) is 75.5 Å². The molecule has 3 aliphatic heterocycles. The number of amides is 3. The van der Waals surface area contributed by atoms with Gasteiger partial charge >= 0.3 is 0 Å². The lowest BCUT2D eigenvalue weighted by Crippen LogP contribution is -2.46. The highest BCUT2D eigenvalue weighted by molar-refractivity contribution is 6.71. The highest BCUT2D eigenvalue weighted by atomic mass is 28.4. The number of aliphatic hydroxyl groups is 1. The number of aromatic amines is 1. The molecule has 2 fully saturated rings. The summed E-state index contributed by atoms with van der Waals surface area (Å²) in [6.45, 7) is 6.41. The second-order valence-electron chi connectivity index (χ2n) is 14.3. The normalized spacial score (nSPS) is 25.0. The number of H-pyrrole nitrogens is 1. The number of carbonyl (C=O) groups excluding carboxylic acids is 3. The number of hydrogen-bond donors (Lipinski definition) is 4. The number of para-hydroxylation sites is 2. The van der Waals surface area contributed by atoms with E-state index < -0.39 is 25.9 Å². The van der Waals surface area contributed by atoms with E-state index in [1.165, 1.54) is 0 Å². The molecule has 1 spiro atoms. The van der Waals surface area contributed by atoms with Crippen LogP contribution in [-0.4, -0.2) is 71.1 Å². The molecule has 0 unspecified atom stereocenters. The van der Waals surface area contributed by atoms with E-state index in [0.29, 0.717) is 12.2 Å². The number of anilines is 2. The Balaban J connectivity index is 1.13. The fourth-order valence-corrected chi connectivity index (χ4v) is 11.2. The van der Waals surface area contributed by atoms with Gasteiger partial charge < -0.3 is 34.7 Å². The fraction of sp³-hybridized carbons (Fsp3) is 0.395. The number of carbonyl (C=O) groups is 3. The minimum atomic E-state index is -2.94. The lowest BCUT2D eigenvalue weighted by molar-refractivity contribution is -0.150. The molecule has 3 aliphatic rings. The number of aliphatic hydroxyl groups excluding tert-OH is 1. The molecule has 3 amide bonds. The summed E-state index contributed by atoms with van der Waals surface area (Å²) in [7, 11) is -2.94. The second-order valence-corrected chi connectivity index (χ2v) is 18.3. The van der Waals surface area contributed by atoms with Gasteiger partial charge in [-0.25, -0.2) is 0 Å². The topological polar surface area (TPSA) is 135 Å². The molecule has 10 nitrogen and oxygen atoms in total. The maximum Gasteiger partial charge on any atom is 0.264 e. The molecular weight excluding hydrogens is 637 g/mol. The van der Waals surface area contributed by atoms with Gasteiger partial charge in [0.25, 0.3) is 5.91 Å². The summed E-state index contributed by atoms with van der Waals surface area (Å²) >= 11 is 0. The number of benzene rings is 3. The van der Waals surface area contributed by atoms with Gasteiger partial charge in [0.15, 0.2) is 13.9 Å². The maximum absolute atomic E-state index is 14.7. The molecule has 0 radical (unpaired) electrons. The van der Waals surface area contributed by atoms with E-state index in [4.69, 9.17) is 4.74 Å². The maximum atomic E-state index is 14.7. The Morgan fingerprint density at radius 2 is 1.86 bits per heavy atom. The third kappa shape index (κ3) is 5.88. The van der Waals surface area contributed by atoms with Crippen LogP contribution < -0.4 is 10.2 Å². The molecular formula is C38H44N4O6Si. The number of rotatable bonds is 9. The van der Waals surface area contributed by atoms with Crippen molar-refractivity contribution in [2.24, 2.45) is 5.92 Å². The van der Waals surface area contributed by atoms with Crippen molar-refractivity contribution in [1.29, 1.82) is 0 Å². The molecule has 7 rings (SSSR count). The van der Waals surface area contributed by atoms with Gasteiger partial charge in [0.2, 0.25) is 11.8 Å². The smallest absolute Gasteiger partial charge is 0.264 e. The first-order valence-corrected chi connectivity index (χ1v) is 20.2. The molecule has 2 saturated heterocycles. The Labute approximate surface area is 287 Å². The number of likely N-dealkylation sites (tertiary alicyclic amines) is 1. The van der Waals surface area contributed by atoms with Crippen molar-refractivity contribution in [3.63, 3.8) is 0 Å². The average Bonchev–Trinajstić information content (AvgIpc) is 3.83. The minimum Gasteiger partial charge on any atom is -0.432 e. The van der Waals surface area contributed by atoms with Gasteiger partial charge in [-0.2, -0.15) is 0 Å². The van der Waals surface area contributed by atoms with Crippen molar-refractivity contribution in [1.82, 2.24) is 9.88 Å². The SMILES string of the molecule is C[C@H]1[C@H]([Si](C)(C)O)[C@@H](CC(=O)N2CCC[C@H]2CO)O[C@]12C(=O)N(Cc1cccc(NC(=O)Cc3c[nH]c4ccccc34)c1)c1ccccc12. The van der Waals surface area contributed by atoms with E-state index in [0.717, 1.165) is 46.1 Å². The standard InChI is InChI=1S/C38H44N4O6Si/c1-24-36(49(2,3)47)33(20-35(45)41-17-9-12-28(41)23-43)48-38(24)30-14-5-7-16-32(30)42(37(38)46)22-25-10-8-11-27(18-25)40-34(44)19-26-21-39-31-15-6-4-13-29(26)31/h4-8,10-11,13-16,18,21,24,28,33,36,39,43,47H,9,12,17,19-20,22-23H2,1-3H3,(H,40,44)/t24-,28-,33+,36-,38+/m0/s1. The lowest BCUT2D eigenvalue weighted by Gasteiger charge is -2.32.